The molecule has 0 spiro atoms. The summed E-state index contributed by atoms with van der Waals surface area (Å²) >= 11 is 11.8. The first-order valence-corrected chi connectivity index (χ1v) is 18.0. The van der Waals surface area contributed by atoms with Crippen LogP contribution in [0.25, 0.3) is 28.4 Å². The van der Waals surface area contributed by atoms with Crippen LogP contribution in [0.5, 0.6) is 0 Å². The van der Waals surface area contributed by atoms with E-state index < -0.39 is 15.5 Å². The summed E-state index contributed by atoms with van der Waals surface area (Å²) < 4.78 is 73.2. The fraction of sp³-hybridized carbons (Fsp3) is 0.250. The first-order valence-electron chi connectivity index (χ1n) is 14.5. The van der Waals surface area contributed by atoms with Gasteiger partial charge in [0.05, 0.1) is 15.9 Å². The molecule has 5 rings (SSSR count). The summed E-state index contributed by atoms with van der Waals surface area (Å²) in [6.45, 7) is 4.69. The van der Waals surface area contributed by atoms with Crippen molar-refractivity contribution in [2.75, 3.05) is 11.3 Å². The number of amides is 1. The number of anilines is 1. The second kappa shape index (κ2) is 14.3. The molecule has 8 nitrogen and oxygen atoms in total. The summed E-state index contributed by atoms with van der Waals surface area (Å²) in [5.74, 6) is 0.697. The highest BCUT2D eigenvalue weighted by Crippen LogP contribution is 2.42. The number of nitrogens with one attached hydrogen (secondary N) is 2. The van der Waals surface area contributed by atoms with Crippen LogP contribution in [0.15, 0.2) is 74.4 Å². The lowest BCUT2D eigenvalue weighted by Gasteiger charge is -2.13. The Bertz CT molecular complexity index is 2060. The third kappa shape index (κ3) is 7.61. The number of carbonyl (C=O) groups is 1. The number of carbonyl (C=O) groups excluding carboxylic acids is 1. The van der Waals surface area contributed by atoms with Gasteiger partial charge in [0.25, 0.3) is 0 Å². The average molecular weight is 770 g/mol. The Kier molecular flexibility index (Phi) is 10.5. The minimum atomic E-state index is -5.66. The molecule has 0 radical (unpaired) electrons. The summed E-state index contributed by atoms with van der Waals surface area (Å²) in [7, 11) is -5.66. The predicted molar refractivity (Wildman–Crippen MR) is 183 cm³/mol. The van der Waals surface area contributed by atoms with Crippen LogP contribution in [0.3, 0.4) is 0 Å². The number of nitrogens with zero attached hydrogens (tertiary/aromatic N) is 2. The van der Waals surface area contributed by atoms with Crippen molar-refractivity contribution in [3.63, 3.8) is 0 Å². The molecule has 0 fully saturated rings. The van der Waals surface area contributed by atoms with Crippen LogP contribution in [0, 0.1) is 0 Å². The van der Waals surface area contributed by atoms with E-state index in [1.165, 1.54) is 18.2 Å². The Morgan fingerprint density at radius 3 is 2.60 bits per heavy atom. The summed E-state index contributed by atoms with van der Waals surface area (Å²) in [5, 5.41) is 5.72. The number of imidazole rings is 1. The van der Waals surface area contributed by atoms with Gasteiger partial charge in [0.2, 0.25) is 5.91 Å². The maximum Gasteiger partial charge on any atom is 0.516 e. The van der Waals surface area contributed by atoms with Gasteiger partial charge in [-0.05, 0) is 76.6 Å². The third-order valence-corrected chi connectivity index (χ3v) is 10.2. The highest BCUT2D eigenvalue weighted by molar-refractivity contribution is 9.10. The molecule has 47 heavy (non-hydrogen) atoms. The van der Waals surface area contributed by atoms with E-state index in [-0.39, 0.29) is 28.1 Å². The van der Waals surface area contributed by atoms with E-state index in [0.717, 1.165) is 22.7 Å². The van der Waals surface area contributed by atoms with E-state index in [1.54, 1.807) is 34.3 Å². The minimum Gasteiger partial charge on any atom is -0.455 e. The number of rotatable bonds is 12. The van der Waals surface area contributed by atoms with Crippen LogP contribution >= 0.6 is 38.9 Å². The number of aromatic nitrogens is 2. The molecular formula is C32H29BrClF3N4O4S2. The van der Waals surface area contributed by atoms with Crippen molar-refractivity contribution >= 4 is 77.5 Å². The zero-order valence-corrected chi connectivity index (χ0v) is 29.1. The van der Waals surface area contributed by atoms with Crippen molar-refractivity contribution in [1.29, 1.82) is 0 Å². The third-order valence-electron chi connectivity index (χ3n) is 7.15. The SMILES string of the molecule is CCCc1nc(Cl)c(/C=C(\Cc2cccs2)C(=O)NCC)n1Cc1ccc2oc(-c3ccccc3NS(=O)(=O)C(F)(F)F)c(Br)c2c1. The molecule has 0 saturated carbocycles. The van der Waals surface area contributed by atoms with Crippen LogP contribution < -0.4 is 10.0 Å². The molecule has 0 saturated heterocycles. The van der Waals surface area contributed by atoms with Gasteiger partial charge in [-0.2, -0.15) is 21.6 Å². The number of halogens is 5. The second-order valence-electron chi connectivity index (χ2n) is 10.5. The van der Waals surface area contributed by atoms with Gasteiger partial charge in [0.1, 0.15) is 11.4 Å². The van der Waals surface area contributed by atoms with Crippen molar-refractivity contribution in [1.82, 2.24) is 14.9 Å². The fourth-order valence-electron chi connectivity index (χ4n) is 4.99. The van der Waals surface area contributed by atoms with Gasteiger partial charge in [-0.3, -0.25) is 9.52 Å². The van der Waals surface area contributed by atoms with Crippen molar-refractivity contribution in [2.45, 2.75) is 45.2 Å². The average Bonchev–Trinajstić information content (AvgIpc) is 3.72. The second-order valence-corrected chi connectivity index (χ2v) is 14.4. The van der Waals surface area contributed by atoms with Crippen LogP contribution in [0.1, 0.15) is 42.2 Å². The van der Waals surface area contributed by atoms with Crippen molar-refractivity contribution in [3.8, 4) is 11.3 Å². The number of furan rings is 1. The molecular weight excluding hydrogens is 741 g/mol. The lowest BCUT2D eigenvalue weighted by Crippen LogP contribution is -2.30. The molecule has 15 heteroatoms. The highest BCUT2D eigenvalue weighted by Gasteiger charge is 2.46. The van der Waals surface area contributed by atoms with Gasteiger partial charge < -0.3 is 14.3 Å². The van der Waals surface area contributed by atoms with Gasteiger partial charge in [0, 0.05) is 47.3 Å². The number of hydrogen-bond donors (Lipinski definition) is 2. The molecule has 0 aliphatic rings. The van der Waals surface area contributed by atoms with Gasteiger partial charge in [-0.25, -0.2) is 4.98 Å². The van der Waals surface area contributed by atoms with Crippen molar-refractivity contribution in [3.05, 3.63) is 97.1 Å². The maximum absolute atomic E-state index is 13.1. The summed E-state index contributed by atoms with van der Waals surface area (Å²) in [4.78, 5) is 18.7. The van der Waals surface area contributed by atoms with Gasteiger partial charge in [-0.15, -0.1) is 11.3 Å². The number of alkyl halides is 3. The van der Waals surface area contributed by atoms with Crippen LogP contribution in [0.4, 0.5) is 18.9 Å². The first-order chi connectivity index (χ1) is 22.3. The Hall–Kier alpha value is -3.59. The summed E-state index contributed by atoms with van der Waals surface area (Å²) in [6.07, 6.45) is 3.65. The van der Waals surface area contributed by atoms with Crippen LogP contribution in [-0.2, 0) is 34.2 Å². The summed E-state index contributed by atoms with van der Waals surface area (Å²) in [5.41, 5.74) is -3.28. The lowest BCUT2D eigenvalue weighted by atomic mass is 10.1. The largest absolute Gasteiger partial charge is 0.516 e. The number of aryl methyl sites for hydroxylation is 1. The zero-order valence-electron chi connectivity index (χ0n) is 25.1. The molecule has 2 aromatic carbocycles. The maximum atomic E-state index is 13.1. The standard InChI is InChI=1S/C32H29BrClF3N4O4S2/c1-3-8-27-39-30(34)25(17-20(31(42)38-4-2)16-21-9-7-14-46-21)41(27)18-19-12-13-26-23(15-19)28(33)29(45-26)22-10-5-6-11-24(22)40-47(43,44)32(35,36)37/h5-7,9-15,17,40H,3-4,8,16,18H2,1-2H3,(H,38,42)/b20-17+. The number of benzene rings is 2. The number of para-hydroxylation sites is 1. The summed E-state index contributed by atoms with van der Waals surface area (Å²) in [6, 6.07) is 15.0. The molecule has 0 aliphatic heterocycles. The Labute approximate surface area is 286 Å². The zero-order chi connectivity index (χ0) is 33.9. The highest BCUT2D eigenvalue weighted by atomic mass is 79.9. The molecule has 5 aromatic rings. The van der Waals surface area contributed by atoms with Crippen molar-refractivity contribution in [2.24, 2.45) is 0 Å². The lowest BCUT2D eigenvalue weighted by molar-refractivity contribution is -0.117. The smallest absolute Gasteiger partial charge is 0.455 e. The van der Waals surface area contributed by atoms with Crippen LogP contribution in [0.2, 0.25) is 5.15 Å². The normalized spacial score (nSPS) is 12.5. The van der Waals surface area contributed by atoms with E-state index in [0.29, 0.717) is 52.6 Å². The molecule has 1 amide bonds. The van der Waals surface area contributed by atoms with E-state index in [9.17, 15) is 26.4 Å². The van der Waals surface area contributed by atoms with E-state index in [2.05, 4.69) is 26.2 Å². The Morgan fingerprint density at radius 1 is 1.15 bits per heavy atom. The molecule has 3 aromatic heterocycles. The van der Waals surface area contributed by atoms with Gasteiger partial charge in [-0.1, -0.05) is 42.8 Å². The minimum absolute atomic E-state index is 0.118. The molecule has 0 bridgehead atoms. The molecule has 0 atom stereocenters. The van der Waals surface area contributed by atoms with Crippen molar-refractivity contribution < 1.29 is 30.8 Å². The number of thiophene rings is 1. The molecule has 248 valence electrons. The number of fused-ring (bicyclic) bond motifs is 1. The van der Waals surface area contributed by atoms with E-state index in [1.807, 2.05) is 48.1 Å². The van der Waals surface area contributed by atoms with Gasteiger partial charge in [0.15, 0.2) is 10.9 Å². The topological polar surface area (TPSA) is 106 Å². The van der Waals surface area contributed by atoms with Crippen LogP contribution in [-0.4, -0.2) is 35.9 Å². The molecule has 0 aliphatic carbocycles. The predicted octanol–water partition coefficient (Wildman–Crippen LogP) is 8.80. The Morgan fingerprint density at radius 2 is 1.91 bits per heavy atom. The monoisotopic (exact) mass is 768 g/mol. The molecule has 0 unspecified atom stereocenters. The molecule has 2 N–H and O–H groups in total. The first kappa shape index (κ1) is 34.7. The number of hydrogen-bond acceptors (Lipinski definition) is 6. The Balaban J connectivity index is 1.55. The fourth-order valence-corrected chi connectivity index (χ4v) is 7.16. The quantitative estimate of drug-likeness (QED) is 0.124. The van der Waals surface area contributed by atoms with E-state index >= 15 is 0 Å². The molecule has 3 heterocycles. The van der Waals surface area contributed by atoms with E-state index in [4.69, 9.17) is 16.0 Å². The number of likely N-dealkylation sites (N-methyl/N-ethyl adjacent to an activating group) is 1. The number of sulfonamides is 1. The van der Waals surface area contributed by atoms with Gasteiger partial charge >= 0.3 is 15.5 Å².